The van der Waals surface area contributed by atoms with Gasteiger partial charge in [0.1, 0.15) is 0 Å². The number of nitrogens with two attached hydrogens (primary N) is 1. The number of aryl methyl sites for hydroxylation is 1. The molecule has 0 bridgehead atoms. The number of rotatable bonds is 6. The second-order valence-electron chi connectivity index (χ2n) is 5.20. The van der Waals surface area contributed by atoms with Crippen LogP contribution >= 0.6 is 0 Å². The minimum atomic E-state index is -3.72. The highest BCUT2D eigenvalue weighted by Gasteiger charge is 2.23. The zero-order valence-corrected chi connectivity index (χ0v) is 13.7. The Bertz CT molecular complexity index is 612. The Morgan fingerprint density at radius 3 is 2.48 bits per heavy atom. The van der Waals surface area contributed by atoms with E-state index in [1.54, 1.807) is 6.07 Å². The minimum absolute atomic E-state index is 0.0342. The summed E-state index contributed by atoms with van der Waals surface area (Å²) in [4.78, 5) is 11.8. The summed E-state index contributed by atoms with van der Waals surface area (Å²) in [6.45, 7) is 5.35. The molecule has 7 heteroatoms. The van der Waals surface area contributed by atoms with Crippen molar-refractivity contribution in [1.29, 1.82) is 0 Å². The highest BCUT2D eigenvalue weighted by atomic mass is 32.2. The lowest BCUT2D eigenvalue weighted by molar-refractivity contribution is -0.121. The third kappa shape index (κ3) is 4.44. The quantitative estimate of drug-likeness (QED) is 0.766. The molecule has 0 aliphatic carbocycles. The van der Waals surface area contributed by atoms with E-state index < -0.39 is 10.0 Å². The summed E-state index contributed by atoms with van der Waals surface area (Å²) in [7, 11) is -2.35. The summed E-state index contributed by atoms with van der Waals surface area (Å²) >= 11 is 0. The standard InChI is InChI=1S/C14H23N3O3S/c1-5-11-6-7-12(8-13(11)15)21(19,20)17(4)9-14(18)16-10(2)3/h6-8,10H,5,9,15H2,1-4H3,(H,16,18). The van der Waals surface area contributed by atoms with Gasteiger partial charge in [-0.05, 0) is 38.0 Å². The number of nitrogens with zero attached hydrogens (tertiary/aromatic N) is 1. The minimum Gasteiger partial charge on any atom is -0.398 e. The molecule has 0 unspecified atom stereocenters. The average molecular weight is 313 g/mol. The van der Waals surface area contributed by atoms with E-state index in [1.807, 2.05) is 20.8 Å². The smallest absolute Gasteiger partial charge is 0.243 e. The maximum Gasteiger partial charge on any atom is 0.243 e. The van der Waals surface area contributed by atoms with Gasteiger partial charge in [0.2, 0.25) is 15.9 Å². The molecule has 118 valence electrons. The van der Waals surface area contributed by atoms with E-state index in [0.717, 1.165) is 16.3 Å². The number of benzene rings is 1. The molecule has 0 aliphatic rings. The van der Waals surface area contributed by atoms with Crippen LogP contribution in [0, 0.1) is 0 Å². The second kappa shape index (κ2) is 6.91. The van der Waals surface area contributed by atoms with Gasteiger partial charge in [0.05, 0.1) is 11.4 Å². The zero-order valence-electron chi connectivity index (χ0n) is 12.9. The Morgan fingerprint density at radius 2 is 2.00 bits per heavy atom. The molecular weight excluding hydrogens is 290 g/mol. The summed E-state index contributed by atoms with van der Waals surface area (Å²) in [6, 6.07) is 4.62. The first-order valence-electron chi connectivity index (χ1n) is 6.82. The average Bonchev–Trinajstić information content (AvgIpc) is 2.37. The Hall–Kier alpha value is -1.60. The molecule has 1 rings (SSSR count). The van der Waals surface area contributed by atoms with Crippen LogP contribution in [0.25, 0.3) is 0 Å². The van der Waals surface area contributed by atoms with Gasteiger partial charge in [-0.15, -0.1) is 0 Å². The van der Waals surface area contributed by atoms with E-state index in [4.69, 9.17) is 5.73 Å². The van der Waals surface area contributed by atoms with Crippen LogP contribution in [-0.4, -0.2) is 38.3 Å². The number of amides is 1. The highest BCUT2D eigenvalue weighted by molar-refractivity contribution is 7.89. The summed E-state index contributed by atoms with van der Waals surface area (Å²) < 4.78 is 25.8. The normalized spacial score (nSPS) is 11.9. The van der Waals surface area contributed by atoms with E-state index in [-0.39, 0.29) is 23.4 Å². The molecule has 0 heterocycles. The first-order valence-corrected chi connectivity index (χ1v) is 8.26. The van der Waals surface area contributed by atoms with Gasteiger partial charge in [0.15, 0.2) is 0 Å². The fourth-order valence-corrected chi connectivity index (χ4v) is 3.05. The van der Waals surface area contributed by atoms with Crippen molar-refractivity contribution in [2.45, 2.75) is 38.1 Å². The van der Waals surface area contributed by atoms with E-state index in [0.29, 0.717) is 5.69 Å². The van der Waals surface area contributed by atoms with E-state index in [1.165, 1.54) is 19.2 Å². The Labute approximate surface area is 126 Å². The largest absolute Gasteiger partial charge is 0.398 e. The number of carbonyl (C=O) groups is 1. The van der Waals surface area contributed by atoms with Crippen LogP contribution in [0.5, 0.6) is 0 Å². The van der Waals surface area contributed by atoms with Crippen LogP contribution in [-0.2, 0) is 21.2 Å². The Morgan fingerprint density at radius 1 is 1.38 bits per heavy atom. The van der Waals surface area contributed by atoms with Crippen LogP contribution in [0.15, 0.2) is 23.1 Å². The molecule has 0 atom stereocenters. The van der Waals surface area contributed by atoms with Crippen molar-refractivity contribution in [3.63, 3.8) is 0 Å². The number of carbonyl (C=O) groups excluding carboxylic acids is 1. The monoisotopic (exact) mass is 313 g/mol. The lowest BCUT2D eigenvalue weighted by Crippen LogP contribution is -2.40. The fourth-order valence-electron chi connectivity index (χ4n) is 1.89. The molecule has 0 fully saturated rings. The van der Waals surface area contributed by atoms with Gasteiger partial charge in [-0.2, -0.15) is 4.31 Å². The van der Waals surface area contributed by atoms with Gasteiger partial charge in [-0.25, -0.2) is 8.42 Å². The second-order valence-corrected chi connectivity index (χ2v) is 7.24. The molecule has 0 saturated heterocycles. The summed E-state index contributed by atoms with van der Waals surface area (Å²) in [5, 5.41) is 2.66. The molecular formula is C14H23N3O3S. The van der Waals surface area contributed by atoms with Crippen LogP contribution in [0.4, 0.5) is 5.69 Å². The van der Waals surface area contributed by atoms with E-state index in [9.17, 15) is 13.2 Å². The van der Waals surface area contributed by atoms with Crippen molar-refractivity contribution < 1.29 is 13.2 Å². The molecule has 0 aromatic heterocycles. The summed E-state index contributed by atoms with van der Waals surface area (Å²) in [6.07, 6.45) is 0.735. The third-order valence-electron chi connectivity index (χ3n) is 3.02. The van der Waals surface area contributed by atoms with Crippen LogP contribution in [0.2, 0.25) is 0 Å². The molecule has 3 N–H and O–H groups in total. The summed E-state index contributed by atoms with van der Waals surface area (Å²) in [5.74, 6) is -0.339. The Kier molecular flexibility index (Phi) is 5.74. The number of nitrogen functional groups attached to an aromatic ring is 1. The van der Waals surface area contributed by atoms with Gasteiger partial charge in [-0.3, -0.25) is 4.79 Å². The van der Waals surface area contributed by atoms with Gasteiger partial charge in [-0.1, -0.05) is 13.0 Å². The highest BCUT2D eigenvalue weighted by Crippen LogP contribution is 2.20. The number of likely N-dealkylation sites (N-methyl/N-ethyl adjacent to an activating group) is 1. The number of anilines is 1. The SMILES string of the molecule is CCc1ccc(S(=O)(=O)N(C)CC(=O)NC(C)C)cc1N. The van der Waals surface area contributed by atoms with E-state index in [2.05, 4.69) is 5.32 Å². The van der Waals surface area contributed by atoms with Gasteiger partial charge in [0.25, 0.3) is 0 Å². The molecule has 21 heavy (non-hydrogen) atoms. The number of hydrogen-bond acceptors (Lipinski definition) is 4. The van der Waals surface area contributed by atoms with Gasteiger partial charge in [0, 0.05) is 18.8 Å². The first kappa shape index (κ1) is 17.5. The van der Waals surface area contributed by atoms with Crippen LogP contribution in [0.1, 0.15) is 26.3 Å². The lowest BCUT2D eigenvalue weighted by atomic mass is 10.1. The predicted molar refractivity (Wildman–Crippen MR) is 83.3 cm³/mol. The fraction of sp³-hybridized carbons (Fsp3) is 0.500. The van der Waals surface area contributed by atoms with E-state index >= 15 is 0 Å². The van der Waals surface area contributed by atoms with Gasteiger partial charge < -0.3 is 11.1 Å². The number of nitrogens with one attached hydrogen (secondary N) is 1. The van der Waals surface area contributed by atoms with Crippen molar-refractivity contribution in [3.05, 3.63) is 23.8 Å². The summed E-state index contributed by atoms with van der Waals surface area (Å²) in [5.41, 5.74) is 7.17. The first-order chi connectivity index (χ1) is 9.68. The molecule has 1 aromatic carbocycles. The maximum absolute atomic E-state index is 12.4. The Balaban J connectivity index is 2.94. The van der Waals surface area contributed by atoms with Crippen molar-refractivity contribution >= 4 is 21.6 Å². The van der Waals surface area contributed by atoms with Crippen LogP contribution < -0.4 is 11.1 Å². The lowest BCUT2D eigenvalue weighted by Gasteiger charge is -2.18. The maximum atomic E-state index is 12.4. The van der Waals surface area contributed by atoms with Crippen molar-refractivity contribution in [1.82, 2.24) is 9.62 Å². The number of sulfonamides is 1. The molecule has 1 amide bonds. The molecule has 0 aliphatic heterocycles. The molecule has 6 nitrogen and oxygen atoms in total. The zero-order chi connectivity index (χ0) is 16.2. The number of hydrogen-bond donors (Lipinski definition) is 2. The van der Waals surface area contributed by atoms with Gasteiger partial charge >= 0.3 is 0 Å². The van der Waals surface area contributed by atoms with Crippen LogP contribution in [0.3, 0.4) is 0 Å². The third-order valence-corrected chi connectivity index (χ3v) is 4.82. The molecule has 0 radical (unpaired) electrons. The topological polar surface area (TPSA) is 92.5 Å². The molecule has 0 saturated carbocycles. The van der Waals surface area contributed by atoms with Crippen molar-refractivity contribution in [3.8, 4) is 0 Å². The van der Waals surface area contributed by atoms with Crippen molar-refractivity contribution in [2.75, 3.05) is 19.3 Å². The predicted octanol–water partition coefficient (Wildman–Crippen LogP) is 0.976. The van der Waals surface area contributed by atoms with Crippen molar-refractivity contribution in [2.24, 2.45) is 0 Å². The molecule has 1 aromatic rings. The molecule has 0 spiro atoms.